The molecule has 1 rings (SSSR count). The summed E-state index contributed by atoms with van der Waals surface area (Å²) < 4.78 is 43.0. The van der Waals surface area contributed by atoms with Gasteiger partial charge in [0.15, 0.2) is 5.78 Å². The summed E-state index contributed by atoms with van der Waals surface area (Å²) in [5, 5.41) is 8.64. The average molecular weight is 322 g/mol. The predicted octanol–water partition coefficient (Wildman–Crippen LogP) is 3.16. The van der Waals surface area contributed by atoms with Gasteiger partial charge in [0.2, 0.25) is 0 Å². The molecule has 0 atom stereocenters. The number of rotatable bonds is 3. The Bertz CT molecular complexity index is 520. The Morgan fingerprint density at radius 2 is 2.11 bits per heavy atom. The van der Waals surface area contributed by atoms with Crippen molar-refractivity contribution in [3.63, 3.8) is 0 Å². The van der Waals surface area contributed by atoms with Gasteiger partial charge in [-0.2, -0.15) is 18.4 Å². The molecule has 1 aromatic rings. The first kappa shape index (κ1) is 14.5. The van der Waals surface area contributed by atoms with E-state index in [2.05, 4.69) is 15.9 Å². The van der Waals surface area contributed by atoms with Crippen molar-refractivity contribution in [2.24, 2.45) is 0 Å². The minimum absolute atomic E-state index is 0.112. The molecule has 0 amide bonds. The lowest BCUT2D eigenvalue weighted by atomic mass is 10.0. The number of hydrogen-bond donors (Lipinski definition) is 0. The third-order valence-electron chi connectivity index (χ3n) is 2.18. The zero-order chi connectivity index (χ0) is 13.9. The van der Waals surface area contributed by atoms with Crippen LogP contribution >= 0.6 is 15.9 Å². The molecule has 18 heavy (non-hydrogen) atoms. The predicted molar refractivity (Wildman–Crippen MR) is 60.8 cm³/mol. The van der Waals surface area contributed by atoms with Gasteiger partial charge in [-0.25, -0.2) is 0 Å². The third kappa shape index (κ3) is 2.82. The van der Waals surface area contributed by atoms with Crippen molar-refractivity contribution in [2.75, 3.05) is 12.4 Å². The van der Waals surface area contributed by atoms with E-state index in [0.717, 1.165) is 13.2 Å². The number of hydrogen-bond acceptors (Lipinski definition) is 3. The van der Waals surface area contributed by atoms with Crippen molar-refractivity contribution in [1.82, 2.24) is 0 Å². The molecule has 0 saturated heterocycles. The molecule has 3 nitrogen and oxygen atoms in total. The van der Waals surface area contributed by atoms with E-state index in [1.54, 1.807) is 0 Å². The Kier molecular flexibility index (Phi) is 4.35. The van der Waals surface area contributed by atoms with Gasteiger partial charge in [0.25, 0.3) is 0 Å². The smallest absolute Gasteiger partial charge is 0.417 e. The first-order chi connectivity index (χ1) is 8.35. The molecule has 0 heterocycles. The summed E-state index contributed by atoms with van der Waals surface area (Å²) in [4.78, 5) is 11.4. The number of ketones is 1. The van der Waals surface area contributed by atoms with E-state index in [1.165, 1.54) is 6.07 Å². The van der Waals surface area contributed by atoms with Gasteiger partial charge >= 0.3 is 6.18 Å². The van der Waals surface area contributed by atoms with E-state index in [0.29, 0.717) is 6.07 Å². The summed E-state index contributed by atoms with van der Waals surface area (Å²) in [5.41, 5.74) is -1.96. The van der Waals surface area contributed by atoms with Crippen LogP contribution in [-0.2, 0) is 6.18 Å². The second kappa shape index (κ2) is 5.40. The summed E-state index contributed by atoms with van der Waals surface area (Å²) in [6.45, 7) is 0. The highest BCUT2D eigenvalue weighted by Gasteiger charge is 2.36. The van der Waals surface area contributed by atoms with Crippen molar-refractivity contribution >= 4 is 21.7 Å². The van der Waals surface area contributed by atoms with E-state index in [-0.39, 0.29) is 16.6 Å². The fourth-order valence-corrected chi connectivity index (χ4v) is 1.68. The highest BCUT2D eigenvalue weighted by molar-refractivity contribution is 9.09. The van der Waals surface area contributed by atoms with Gasteiger partial charge in [0.1, 0.15) is 17.4 Å². The number of nitrogens with zero attached hydrogens (tertiary/aromatic N) is 1. The number of alkyl halides is 4. The summed E-state index contributed by atoms with van der Waals surface area (Å²) in [5.74, 6) is -0.792. The minimum Gasteiger partial charge on any atom is -0.495 e. The maximum atomic E-state index is 12.8. The lowest BCUT2D eigenvalue weighted by Gasteiger charge is -2.13. The lowest BCUT2D eigenvalue weighted by Crippen LogP contribution is -2.12. The topological polar surface area (TPSA) is 50.1 Å². The van der Waals surface area contributed by atoms with Crippen LogP contribution in [0.25, 0.3) is 0 Å². The number of benzene rings is 1. The van der Waals surface area contributed by atoms with Gasteiger partial charge in [0, 0.05) is 5.56 Å². The number of ether oxygens (including phenoxy) is 1. The largest absolute Gasteiger partial charge is 0.495 e. The van der Waals surface area contributed by atoms with Gasteiger partial charge in [-0.3, -0.25) is 4.79 Å². The standard InChI is InChI=1S/C11H7BrF3NO2/c1-18-10-3-6(9(17)4-12)2-8(7(10)5-16)11(13,14)15/h2-3H,4H2,1H3. The van der Waals surface area contributed by atoms with Gasteiger partial charge in [-0.1, -0.05) is 15.9 Å². The Morgan fingerprint density at radius 3 is 2.50 bits per heavy atom. The summed E-state index contributed by atoms with van der Waals surface area (Å²) >= 11 is 2.87. The number of carbonyl (C=O) groups is 1. The van der Waals surface area contributed by atoms with Crippen molar-refractivity contribution in [1.29, 1.82) is 5.26 Å². The minimum atomic E-state index is -4.72. The Hall–Kier alpha value is -1.55. The van der Waals surface area contributed by atoms with Gasteiger partial charge < -0.3 is 4.74 Å². The van der Waals surface area contributed by atoms with Gasteiger partial charge in [-0.15, -0.1) is 0 Å². The van der Waals surface area contributed by atoms with Crippen LogP contribution in [0.15, 0.2) is 12.1 Å². The molecule has 0 aliphatic heterocycles. The number of carbonyl (C=O) groups excluding carboxylic acids is 1. The normalized spacial score (nSPS) is 10.9. The number of methoxy groups -OCH3 is 1. The fourth-order valence-electron chi connectivity index (χ4n) is 1.35. The van der Waals surface area contributed by atoms with Crippen molar-refractivity contribution in [2.45, 2.75) is 6.18 Å². The van der Waals surface area contributed by atoms with E-state index in [9.17, 15) is 18.0 Å². The molecule has 1 aromatic carbocycles. The Labute approximate surface area is 109 Å². The highest BCUT2D eigenvalue weighted by atomic mass is 79.9. The molecule has 0 radical (unpaired) electrons. The molecule has 0 aliphatic rings. The van der Waals surface area contributed by atoms with Crippen LogP contribution < -0.4 is 4.74 Å². The number of halogens is 4. The quantitative estimate of drug-likeness (QED) is 0.634. The van der Waals surface area contributed by atoms with E-state index in [4.69, 9.17) is 10.00 Å². The summed E-state index contributed by atoms with van der Waals surface area (Å²) in [6.07, 6.45) is -4.72. The molecule has 96 valence electrons. The third-order valence-corrected chi connectivity index (χ3v) is 2.69. The monoisotopic (exact) mass is 321 g/mol. The molecule has 7 heteroatoms. The van der Waals surface area contributed by atoms with Crippen LogP contribution in [0.2, 0.25) is 0 Å². The Morgan fingerprint density at radius 1 is 1.50 bits per heavy atom. The maximum Gasteiger partial charge on any atom is 0.417 e. The summed E-state index contributed by atoms with van der Waals surface area (Å²) in [6, 6.07) is 3.22. The molecule has 0 unspecified atom stereocenters. The van der Waals surface area contributed by atoms with Gasteiger partial charge in [-0.05, 0) is 12.1 Å². The van der Waals surface area contributed by atoms with Crippen molar-refractivity contribution in [3.05, 3.63) is 28.8 Å². The number of Topliss-reactive ketones (excluding diaryl/α,β-unsaturated/α-hetero) is 1. The molecule has 0 aromatic heterocycles. The van der Waals surface area contributed by atoms with Crippen LogP contribution in [-0.4, -0.2) is 18.2 Å². The zero-order valence-corrected chi connectivity index (χ0v) is 10.7. The second-order valence-electron chi connectivity index (χ2n) is 3.27. The van der Waals surface area contributed by atoms with Crippen molar-refractivity contribution in [3.8, 4) is 11.8 Å². The average Bonchev–Trinajstić information content (AvgIpc) is 2.34. The second-order valence-corrected chi connectivity index (χ2v) is 3.83. The van der Waals surface area contributed by atoms with E-state index < -0.39 is 23.1 Å². The van der Waals surface area contributed by atoms with Crippen LogP contribution in [0.3, 0.4) is 0 Å². The summed E-state index contributed by atoms with van der Waals surface area (Å²) in [7, 11) is 1.14. The lowest BCUT2D eigenvalue weighted by molar-refractivity contribution is -0.137. The molecule has 0 fully saturated rings. The maximum absolute atomic E-state index is 12.8. The van der Waals surface area contributed by atoms with Crippen LogP contribution in [0, 0.1) is 11.3 Å². The van der Waals surface area contributed by atoms with Crippen LogP contribution in [0.5, 0.6) is 5.75 Å². The van der Waals surface area contributed by atoms with Crippen molar-refractivity contribution < 1.29 is 22.7 Å². The van der Waals surface area contributed by atoms with E-state index in [1.807, 2.05) is 0 Å². The van der Waals surface area contributed by atoms with E-state index >= 15 is 0 Å². The highest BCUT2D eigenvalue weighted by Crippen LogP contribution is 2.36. The molecule has 0 spiro atoms. The van der Waals surface area contributed by atoms with Crippen LogP contribution in [0.4, 0.5) is 13.2 Å². The molecular formula is C11H7BrF3NO2. The van der Waals surface area contributed by atoms with Crippen LogP contribution in [0.1, 0.15) is 21.5 Å². The SMILES string of the molecule is COc1cc(C(=O)CBr)cc(C(F)(F)F)c1C#N. The molecular weight excluding hydrogens is 315 g/mol. The fraction of sp³-hybridized carbons (Fsp3) is 0.273. The van der Waals surface area contributed by atoms with Gasteiger partial charge in [0.05, 0.1) is 18.0 Å². The first-order valence-electron chi connectivity index (χ1n) is 4.63. The molecule has 0 aliphatic carbocycles. The zero-order valence-electron chi connectivity index (χ0n) is 9.14. The molecule has 0 bridgehead atoms. The molecule has 0 N–H and O–H groups in total. The Balaban J connectivity index is 3.57. The first-order valence-corrected chi connectivity index (χ1v) is 5.75. The number of nitriles is 1. The molecule has 0 saturated carbocycles.